The molecule has 0 aliphatic carbocycles. The molecule has 29 heavy (non-hydrogen) atoms. The number of nitrogens with one attached hydrogen (secondary N) is 1. The van der Waals surface area contributed by atoms with Crippen molar-refractivity contribution in [3.8, 4) is 0 Å². The van der Waals surface area contributed by atoms with E-state index < -0.39 is 0 Å². The normalized spacial score (nSPS) is 21.4. The van der Waals surface area contributed by atoms with E-state index in [0.717, 1.165) is 62.0 Å². The molecule has 2 aliphatic rings. The summed E-state index contributed by atoms with van der Waals surface area (Å²) in [6.07, 6.45) is 8.59. The predicted molar refractivity (Wildman–Crippen MR) is 117 cm³/mol. The van der Waals surface area contributed by atoms with E-state index in [-0.39, 0.29) is 12.1 Å². The number of anilines is 1. The zero-order valence-electron chi connectivity index (χ0n) is 17.7. The van der Waals surface area contributed by atoms with Crippen LogP contribution in [0.25, 0.3) is 10.9 Å². The van der Waals surface area contributed by atoms with Gasteiger partial charge in [-0.05, 0) is 57.6 Å². The Labute approximate surface area is 173 Å². The minimum Gasteiger partial charge on any atom is -0.356 e. The molecular formula is C23H33N5O. The first kappa shape index (κ1) is 19.9. The molecule has 2 amide bonds. The average molecular weight is 396 g/mol. The molecule has 0 saturated carbocycles. The molecule has 2 saturated heterocycles. The quantitative estimate of drug-likeness (QED) is 0.846. The summed E-state index contributed by atoms with van der Waals surface area (Å²) in [7, 11) is 0. The number of rotatable bonds is 3. The van der Waals surface area contributed by atoms with Gasteiger partial charge in [0, 0.05) is 37.1 Å². The third kappa shape index (κ3) is 4.46. The SMILES string of the molecule is CC(C)NC(=O)N1CCCCCC1C1CCN(c2ncnc3ccccc23)CC1. The maximum atomic E-state index is 12.8. The van der Waals surface area contributed by atoms with Crippen molar-refractivity contribution in [3.05, 3.63) is 30.6 Å². The number of likely N-dealkylation sites (tertiary alicyclic amines) is 1. The van der Waals surface area contributed by atoms with Gasteiger partial charge in [0.05, 0.1) is 5.52 Å². The number of carbonyl (C=O) groups excluding carboxylic acids is 1. The van der Waals surface area contributed by atoms with Crippen LogP contribution in [0, 0.1) is 5.92 Å². The van der Waals surface area contributed by atoms with E-state index >= 15 is 0 Å². The highest BCUT2D eigenvalue weighted by molar-refractivity contribution is 5.89. The van der Waals surface area contributed by atoms with Crippen LogP contribution in [0.4, 0.5) is 10.6 Å². The number of aromatic nitrogens is 2. The smallest absolute Gasteiger partial charge is 0.317 e. The number of urea groups is 1. The highest BCUT2D eigenvalue weighted by atomic mass is 16.2. The van der Waals surface area contributed by atoms with Crippen LogP contribution in [0.3, 0.4) is 0 Å². The second kappa shape index (κ2) is 8.97. The van der Waals surface area contributed by atoms with Gasteiger partial charge in [0.1, 0.15) is 12.1 Å². The lowest BCUT2D eigenvalue weighted by Crippen LogP contribution is -2.52. The Hall–Kier alpha value is -2.37. The lowest BCUT2D eigenvalue weighted by Gasteiger charge is -2.41. The van der Waals surface area contributed by atoms with E-state index in [0.29, 0.717) is 12.0 Å². The van der Waals surface area contributed by atoms with Crippen LogP contribution >= 0.6 is 0 Å². The Morgan fingerprint density at radius 1 is 1.03 bits per heavy atom. The molecule has 1 atom stereocenters. The largest absolute Gasteiger partial charge is 0.356 e. The van der Waals surface area contributed by atoms with Crippen molar-refractivity contribution in [2.45, 2.75) is 64.5 Å². The Morgan fingerprint density at radius 3 is 2.62 bits per heavy atom. The van der Waals surface area contributed by atoms with Gasteiger partial charge in [-0.3, -0.25) is 0 Å². The summed E-state index contributed by atoms with van der Waals surface area (Å²) in [6.45, 7) is 6.94. The molecule has 0 bridgehead atoms. The molecule has 1 N–H and O–H groups in total. The lowest BCUT2D eigenvalue weighted by atomic mass is 9.86. The summed E-state index contributed by atoms with van der Waals surface area (Å²) < 4.78 is 0. The monoisotopic (exact) mass is 395 g/mol. The van der Waals surface area contributed by atoms with Gasteiger partial charge in [-0.2, -0.15) is 0 Å². The van der Waals surface area contributed by atoms with Gasteiger partial charge in [0.25, 0.3) is 0 Å². The summed E-state index contributed by atoms with van der Waals surface area (Å²) in [5.74, 6) is 1.61. The van der Waals surface area contributed by atoms with E-state index in [9.17, 15) is 4.79 Å². The number of carbonyl (C=O) groups is 1. The molecule has 156 valence electrons. The van der Waals surface area contributed by atoms with Crippen LogP contribution in [0.1, 0.15) is 52.4 Å². The maximum Gasteiger partial charge on any atom is 0.317 e. The van der Waals surface area contributed by atoms with Gasteiger partial charge in [-0.25, -0.2) is 14.8 Å². The van der Waals surface area contributed by atoms with Crippen molar-refractivity contribution in [2.75, 3.05) is 24.5 Å². The molecule has 3 heterocycles. The Morgan fingerprint density at radius 2 is 1.83 bits per heavy atom. The van der Waals surface area contributed by atoms with Gasteiger partial charge >= 0.3 is 6.03 Å². The molecule has 0 spiro atoms. The van der Waals surface area contributed by atoms with E-state index in [4.69, 9.17) is 0 Å². The van der Waals surface area contributed by atoms with Gasteiger partial charge < -0.3 is 15.1 Å². The van der Waals surface area contributed by atoms with Crippen LogP contribution in [-0.2, 0) is 0 Å². The summed E-state index contributed by atoms with van der Waals surface area (Å²) in [6, 6.07) is 8.90. The Balaban J connectivity index is 1.46. The van der Waals surface area contributed by atoms with Crippen LogP contribution in [0.15, 0.2) is 30.6 Å². The second-order valence-corrected chi connectivity index (χ2v) is 8.75. The molecule has 6 heteroatoms. The highest BCUT2D eigenvalue weighted by Crippen LogP contribution is 2.33. The van der Waals surface area contributed by atoms with Crippen molar-refractivity contribution in [1.29, 1.82) is 0 Å². The molecule has 2 aliphatic heterocycles. The van der Waals surface area contributed by atoms with Crippen molar-refractivity contribution < 1.29 is 4.79 Å². The summed E-state index contributed by atoms with van der Waals surface area (Å²) in [5, 5.41) is 4.25. The Kier molecular flexibility index (Phi) is 6.16. The first-order valence-corrected chi connectivity index (χ1v) is 11.2. The molecule has 1 unspecified atom stereocenters. The van der Waals surface area contributed by atoms with E-state index in [1.165, 1.54) is 12.8 Å². The average Bonchev–Trinajstić information content (AvgIpc) is 2.99. The third-order valence-corrected chi connectivity index (χ3v) is 6.38. The van der Waals surface area contributed by atoms with Crippen molar-refractivity contribution >= 4 is 22.8 Å². The van der Waals surface area contributed by atoms with Crippen molar-refractivity contribution in [1.82, 2.24) is 20.2 Å². The fourth-order valence-electron chi connectivity index (χ4n) is 4.94. The number of nitrogens with zero attached hydrogens (tertiary/aromatic N) is 4. The van der Waals surface area contributed by atoms with Gasteiger partial charge in [-0.1, -0.05) is 25.0 Å². The number of fused-ring (bicyclic) bond motifs is 1. The van der Waals surface area contributed by atoms with Gasteiger partial charge in [0.2, 0.25) is 0 Å². The van der Waals surface area contributed by atoms with Crippen LogP contribution in [0.5, 0.6) is 0 Å². The van der Waals surface area contributed by atoms with Crippen LogP contribution in [0.2, 0.25) is 0 Å². The van der Waals surface area contributed by atoms with Crippen LogP contribution < -0.4 is 10.2 Å². The first-order valence-electron chi connectivity index (χ1n) is 11.2. The standard InChI is InChI=1S/C23H33N5O/c1-17(2)26-23(29)28-13-7-3-4-10-21(28)18-11-14-27(15-12-18)22-19-8-5-6-9-20(19)24-16-25-22/h5-6,8-9,16-18,21H,3-4,7,10-15H2,1-2H3,(H,26,29). The van der Waals surface area contributed by atoms with Crippen molar-refractivity contribution in [2.24, 2.45) is 5.92 Å². The fourth-order valence-corrected chi connectivity index (χ4v) is 4.94. The number of hydrogen-bond donors (Lipinski definition) is 1. The summed E-state index contributed by atoms with van der Waals surface area (Å²) in [5.41, 5.74) is 1.000. The zero-order valence-corrected chi connectivity index (χ0v) is 17.7. The Bertz CT molecular complexity index is 826. The molecule has 4 rings (SSSR count). The van der Waals surface area contributed by atoms with E-state index in [2.05, 4.69) is 37.2 Å². The highest BCUT2D eigenvalue weighted by Gasteiger charge is 2.34. The molecule has 2 aromatic rings. The maximum absolute atomic E-state index is 12.8. The minimum absolute atomic E-state index is 0.121. The number of hydrogen-bond acceptors (Lipinski definition) is 4. The molecule has 1 aromatic carbocycles. The zero-order chi connectivity index (χ0) is 20.2. The third-order valence-electron chi connectivity index (χ3n) is 6.38. The fraction of sp³-hybridized carbons (Fsp3) is 0.609. The molecule has 2 fully saturated rings. The molecule has 6 nitrogen and oxygen atoms in total. The first-order chi connectivity index (χ1) is 14.1. The summed E-state index contributed by atoms with van der Waals surface area (Å²) >= 11 is 0. The van der Waals surface area contributed by atoms with Crippen LogP contribution in [-0.4, -0.2) is 52.6 Å². The molecule has 0 radical (unpaired) electrons. The van der Waals surface area contributed by atoms with Crippen molar-refractivity contribution in [3.63, 3.8) is 0 Å². The van der Waals surface area contributed by atoms with E-state index in [1.54, 1.807) is 6.33 Å². The topological polar surface area (TPSA) is 61.4 Å². The number of benzene rings is 1. The van der Waals surface area contributed by atoms with Gasteiger partial charge in [0.15, 0.2) is 0 Å². The van der Waals surface area contributed by atoms with E-state index in [1.807, 2.05) is 26.0 Å². The predicted octanol–water partition coefficient (Wildman–Crippen LogP) is 4.21. The summed E-state index contributed by atoms with van der Waals surface area (Å²) in [4.78, 5) is 26.4. The second-order valence-electron chi connectivity index (χ2n) is 8.75. The number of para-hydroxylation sites is 1. The minimum atomic E-state index is 0.121. The lowest BCUT2D eigenvalue weighted by molar-refractivity contribution is 0.135. The molecular weight excluding hydrogens is 362 g/mol. The van der Waals surface area contributed by atoms with Gasteiger partial charge in [-0.15, -0.1) is 0 Å². The molecule has 1 aromatic heterocycles. The number of amides is 2. The number of piperidine rings is 1.